The van der Waals surface area contributed by atoms with Crippen LogP contribution in [0.4, 0.5) is 11.4 Å². The fraction of sp³-hybridized carbons (Fsp3) is 0.364. The Balaban J connectivity index is 2.49. The van der Waals surface area contributed by atoms with Crippen LogP contribution in [0.5, 0.6) is 5.75 Å². The summed E-state index contributed by atoms with van der Waals surface area (Å²) in [4.78, 5) is 13.5. The predicted molar refractivity (Wildman–Crippen MR) is 59.2 cm³/mol. The molecule has 1 aliphatic rings. The molecule has 0 bridgehead atoms. The molecule has 4 heteroatoms. The van der Waals surface area contributed by atoms with Gasteiger partial charge in [-0.15, -0.1) is 0 Å². The van der Waals surface area contributed by atoms with E-state index in [2.05, 4.69) is 5.32 Å². The third-order valence-electron chi connectivity index (χ3n) is 2.60. The van der Waals surface area contributed by atoms with Crippen LogP contribution in [0.25, 0.3) is 0 Å². The topological polar surface area (TPSA) is 52.6 Å². The van der Waals surface area contributed by atoms with E-state index in [1.54, 1.807) is 23.1 Å². The molecule has 1 aliphatic heterocycles. The van der Waals surface area contributed by atoms with Gasteiger partial charge in [-0.25, -0.2) is 0 Å². The normalized spacial score (nSPS) is 19.7. The number of carbonyl (C=O) groups excluding carboxylic acids is 1. The number of phenols is 1. The lowest BCUT2D eigenvalue weighted by molar-refractivity contribution is -0.119. The Morgan fingerprint density at radius 2 is 2.27 bits per heavy atom. The number of nitrogens with one attached hydrogen (secondary N) is 1. The molecule has 2 rings (SSSR count). The lowest BCUT2D eigenvalue weighted by Crippen LogP contribution is -2.45. The standard InChI is InChI=1S/C11H14N2O2/c1-3-13-10-5-4-8(14)6-9(10)12-7(2)11(13)15/h4-7,12,14H,3H2,1-2H3. The summed E-state index contributed by atoms with van der Waals surface area (Å²) >= 11 is 0. The van der Waals surface area contributed by atoms with E-state index in [1.807, 2.05) is 13.8 Å². The Labute approximate surface area is 88.5 Å². The van der Waals surface area contributed by atoms with Crippen LogP contribution in [-0.2, 0) is 4.79 Å². The quantitative estimate of drug-likeness (QED) is 0.733. The van der Waals surface area contributed by atoms with Crippen LogP contribution in [-0.4, -0.2) is 23.6 Å². The molecule has 0 saturated carbocycles. The van der Waals surface area contributed by atoms with Crippen molar-refractivity contribution >= 4 is 17.3 Å². The van der Waals surface area contributed by atoms with Gasteiger partial charge in [-0.05, 0) is 26.0 Å². The number of rotatable bonds is 1. The second-order valence-electron chi connectivity index (χ2n) is 3.65. The summed E-state index contributed by atoms with van der Waals surface area (Å²) in [6, 6.07) is 4.75. The zero-order valence-electron chi connectivity index (χ0n) is 8.82. The van der Waals surface area contributed by atoms with Crippen molar-refractivity contribution < 1.29 is 9.90 Å². The molecular weight excluding hydrogens is 192 g/mol. The van der Waals surface area contributed by atoms with Crippen LogP contribution in [0.1, 0.15) is 13.8 Å². The van der Waals surface area contributed by atoms with E-state index < -0.39 is 0 Å². The minimum absolute atomic E-state index is 0.0655. The number of hydrogen-bond acceptors (Lipinski definition) is 3. The summed E-state index contributed by atoms with van der Waals surface area (Å²) in [6.07, 6.45) is 0. The van der Waals surface area contributed by atoms with Crippen LogP contribution in [0.2, 0.25) is 0 Å². The molecular formula is C11H14N2O2. The summed E-state index contributed by atoms with van der Waals surface area (Å²) in [5, 5.41) is 12.4. The molecule has 1 aromatic carbocycles. The largest absolute Gasteiger partial charge is 0.508 e. The van der Waals surface area contributed by atoms with Crippen molar-refractivity contribution in [2.45, 2.75) is 19.9 Å². The zero-order valence-corrected chi connectivity index (χ0v) is 8.82. The van der Waals surface area contributed by atoms with Crippen molar-refractivity contribution in [2.75, 3.05) is 16.8 Å². The molecule has 1 aromatic rings. The smallest absolute Gasteiger partial charge is 0.249 e. The van der Waals surface area contributed by atoms with Gasteiger partial charge in [-0.2, -0.15) is 0 Å². The minimum atomic E-state index is -0.237. The average Bonchev–Trinajstić information content (AvgIpc) is 2.20. The zero-order chi connectivity index (χ0) is 11.0. The number of fused-ring (bicyclic) bond motifs is 1. The van der Waals surface area contributed by atoms with Crippen molar-refractivity contribution in [3.63, 3.8) is 0 Å². The summed E-state index contributed by atoms with van der Waals surface area (Å²) < 4.78 is 0. The number of aromatic hydroxyl groups is 1. The predicted octanol–water partition coefficient (Wildman–Crippen LogP) is 1.56. The van der Waals surface area contributed by atoms with E-state index in [0.29, 0.717) is 6.54 Å². The Bertz CT molecular complexity index is 404. The van der Waals surface area contributed by atoms with Crippen molar-refractivity contribution in [2.24, 2.45) is 0 Å². The highest BCUT2D eigenvalue weighted by Crippen LogP contribution is 2.33. The summed E-state index contributed by atoms with van der Waals surface area (Å²) in [5.41, 5.74) is 1.64. The van der Waals surface area contributed by atoms with Crippen LogP contribution in [0.3, 0.4) is 0 Å². The van der Waals surface area contributed by atoms with Crippen LogP contribution in [0, 0.1) is 0 Å². The summed E-state index contributed by atoms with van der Waals surface area (Å²) in [6.45, 7) is 4.40. The molecule has 0 fully saturated rings. The molecule has 0 saturated heterocycles. The van der Waals surface area contributed by atoms with Gasteiger partial charge in [-0.3, -0.25) is 4.79 Å². The van der Waals surface area contributed by atoms with Gasteiger partial charge >= 0.3 is 0 Å². The fourth-order valence-corrected chi connectivity index (χ4v) is 1.85. The van der Waals surface area contributed by atoms with Gasteiger partial charge in [0.05, 0.1) is 11.4 Å². The lowest BCUT2D eigenvalue weighted by Gasteiger charge is -2.33. The molecule has 1 amide bonds. The molecule has 4 nitrogen and oxygen atoms in total. The van der Waals surface area contributed by atoms with Gasteiger partial charge in [0.2, 0.25) is 5.91 Å². The molecule has 80 valence electrons. The summed E-state index contributed by atoms with van der Waals surface area (Å²) in [5.74, 6) is 0.273. The maximum absolute atomic E-state index is 11.8. The van der Waals surface area contributed by atoms with Crippen molar-refractivity contribution in [3.8, 4) is 5.75 Å². The lowest BCUT2D eigenvalue weighted by atomic mass is 10.1. The Morgan fingerprint density at radius 3 is 2.93 bits per heavy atom. The molecule has 15 heavy (non-hydrogen) atoms. The van der Waals surface area contributed by atoms with Gasteiger partial charge in [0.15, 0.2) is 0 Å². The van der Waals surface area contributed by atoms with E-state index in [0.717, 1.165) is 11.4 Å². The highest BCUT2D eigenvalue weighted by molar-refractivity contribution is 6.04. The molecule has 2 N–H and O–H groups in total. The second-order valence-corrected chi connectivity index (χ2v) is 3.65. The summed E-state index contributed by atoms with van der Waals surface area (Å²) in [7, 11) is 0. The molecule has 0 aliphatic carbocycles. The van der Waals surface area contributed by atoms with Gasteiger partial charge < -0.3 is 15.3 Å². The van der Waals surface area contributed by atoms with Gasteiger partial charge in [0.25, 0.3) is 0 Å². The van der Waals surface area contributed by atoms with Gasteiger partial charge in [-0.1, -0.05) is 0 Å². The number of phenolic OH excluding ortho intramolecular Hbond substituents is 1. The number of nitrogens with zero attached hydrogens (tertiary/aromatic N) is 1. The molecule has 1 heterocycles. The first kappa shape index (κ1) is 9.83. The van der Waals surface area contributed by atoms with E-state index in [-0.39, 0.29) is 17.7 Å². The fourth-order valence-electron chi connectivity index (χ4n) is 1.85. The second kappa shape index (κ2) is 3.46. The van der Waals surface area contributed by atoms with Gasteiger partial charge in [0, 0.05) is 12.6 Å². The Kier molecular flexibility index (Phi) is 2.26. The minimum Gasteiger partial charge on any atom is -0.508 e. The van der Waals surface area contributed by atoms with E-state index in [4.69, 9.17) is 0 Å². The number of carbonyl (C=O) groups is 1. The molecule has 1 unspecified atom stereocenters. The van der Waals surface area contributed by atoms with E-state index in [1.165, 1.54) is 0 Å². The number of hydrogen-bond donors (Lipinski definition) is 2. The molecule has 0 aromatic heterocycles. The number of amides is 1. The van der Waals surface area contributed by atoms with Gasteiger partial charge in [0.1, 0.15) is 11.8 Å². The first-order chi connectivity index (χ1) is 7.13. The van der Waals surface area contributed by atoms with E-state index in [9.17, 15) is 9.90 Å². The van der Waals surface area contributed by atoms with Crippen molar-refractivity contribution in [1.29, 1.82) is 0 Å². The SMILES string of the molecule is CCN1C(=O)C(C)Nc2cc(O)ccc21. The Morgan fingerprint density at radius 1 is 1.53 bits per heavy atom. The van der Waals surface area contributed by atoms with Crippen LogP contribution < -0.4 is 10.2 Å². The number of likely N-dealkylation sites (N-methyl/N-ethyl adjacent to an activating group) is 1. The number of anilines is 2. The first-order valence-corrected chi connectivity index (χ1v) is 5.04. The third-order valence-corrected chi connectivity index (χ3v) is 2.60. The Hall–Kier alpha value is -1.71. The van der Waals surface area contributed by atoms with Crippen LogP contribution in [0.15, 0.2) is 18.2 Å². The maximum Gasteiger partial charge on any atom is 0.249 e. The maximum atomic E-state index is 11.8. The number of benzene rings is 1. The van der Waals surface area contributed by atoms with Crippen LogP contribution >= 0.6 is 0 Å². The molecule has 1 atom stereocenters. The highest BCUT2D eigenvalue weighted by atomic mass is 16.3. The third kappa shape index (κ3) is 1.52. The molecule has 0 spiro atoms. The molecule has 0 radical (unpaired) electrons. The van der Waals surface area contributed by atoms with Crippen molar-refractivity contribution in [1.82, 2.24) is 0 Å². The van der Waals surface area contributed by atoms with E-state index >= 15 is 0 Å². The average molecular weight is 206 g/mol. The monoisotopic (exact) mass is 206 g/mol. The first-order valence-electron chi connectivity index (χ1n) is 5.04. The highest BCUT2D eigenvalue weighted by Gasteiger charge is 2.28. The van der Waals surface area contributed by atoms with Crippen molar-refractivity contribution in [3.05, 3.63) is 18.2 Å².